The quantitative estimate of drug-likeness (QED) is 0.430. The van der Waals surface area contributed by atoms with Crippen LogP contribution in [0.15, 0.2) is 71.3 Å². The molecule has 1 aromatic heterocycles. The van der Waals surface area contributed by atoms with Crippen molar-refractivity contribution in [3.8, 4) is 11.5 Å². The van der Waals surface area contributed by atoms with Gasteiger partial charge in [-0.1, -0.05) is 41.6 Å². The van der Waals surface area contributed by atoms with Crippen LogP contribution in [0.25, 0.3) is 22.2 Å². The van der Waals surface area contributed by atoms with Gasteiger partial charge in [-0.05, 0) is 41.1 Å². The summed E-state index contributed by atoms with van der Waals surface area (Å²) in [5, 5.41) is 6.30. The van der Waals surface area contributed by atoms with E-state index in [1.165, 1.54) is 12.1 Å². The first-order valence-corrected chi connectivity index (χ1v) is 10.9. The topological polar surface area (TPSA) is 62.5 Å². The van der Waals surface area contributed by atoms with Crippen LogP contribution in [0, 0.1) is 0 Å². The second kappa shape index (κ2) is 8.90. The number of nitrogens with zero attached hydrogens (tertiary/aromatic N) is 4. The number of fused-ring (bicyclic) bond motifs is 1. The van der Waals surface area contributed by atoms with Crippen LogP contribution in [0.5, 0.6) is 0 Å². The predicted molar refractivity (Wildman–Crippen MR) is 120 cm³/mol. The Morgan fingerprint density at radius 2 is 1.68 bits per heavy atom. The minimum atomic E-state index is -4.48. The molecule has 1 fully saturated rings. The molecule has 5 rings (SSSR count). The summed E-state index contributed by atoms with van der Waals surface area (Å²) < 4.78 is 44.3. The fourth-order valence-electron chi connectivity index (χ4n) is 4.08. The van der Waals surface area contributed by atoms with Gasteiger partial charge in [-0.2, -0.15) is 18.2 Å². The summed E-state index contributed by atoms with van der Waals surface area (Å²) in [6.45, 7) is 2.40. The van der Waals surface area contributed by atoms with Crippen molar-refractivity contribution in [1.29, 1.82) is 0 Å². The molecule has 0 spiro atoms. The average molecular weight is 466 g/mol. The van der Waals surface area contributed by atoms with Crippen LogP contribution in [-0.2, 0) is 12.7 Å². The molecule has 0 bridgehead atoms. The standard InChI is InChI=1S/C25H21F3N4O2/c26-25(27,28)21-7-3-6-20(15-21)24(33)32-12-10-31(11-13-32)16-22-29-23(34-30-22)19-9-8-17-4-1-2-5-18(17)14-19/h1-9,14-15H,10-13,16H2. The Morgan fingerprint density at radius 3 is 2.44 bits per heavy atom. The van der Waals surface area contributed by atoms with Gasteiger partial charge in [0.1, 0.15) is 0 Å². The molecule has 6 nitrogen and oxygen atoms in total. The third-order valence-electron chi connectivity index (χ3n) is 5.93. The zero-order chi connectivity index (χ0) is 23.7. The molecule has 0 aliphatic carbocycles. The summed E-state index contributed by atoms with van der Waals surface area (Å²) in [5.74, 6) is 0.587. The molecule has 1 saturated heterocycles. The highest BCUT2D eigenvalue weighted by molar-refractivity contribution is 5.94. The fourth-order valence-corrected chi connectivity index (χ4v) is 4.08. The second-order valence-corrected chi connectivity index (χ2v) is 8.22. The Balaban J connectivity index is 1.20. The van der Waals surface area contributed by atoms with E-state index in [0.29, 0.717) is 44.4 Å². The van der Waals surface area contributed by atoms with Crippen LogP contribution in [0.1, 0.15) is 21.7 Å². The molecule has 0 atom stereocenters. The van der Waals surface area contributed by atoms with E-state index in [2.05, 4.69) is 15.0 Å². The Morgan fingerprint density at radius 1 is 0.912 bits per heavy atom. The van der Waals surface area contributed by atoms with E-state index in [0.717, 1.165) is 28.5 Å². The SMILES string of the molecule is O=C(c1cccc(C(F)(F)F)c1)N1CCN(Cc2noc(-c3ccc4ccccc4c3)n2)CC1. The molecular weight excluding hydrogens is 445 g/mol. The van der Waals surface area contributed by atoms with Crippen LogP contribution < -0.4 is 0 Å². The van der Waals surface area contributed by atoms with Gasteiger partial charge < -0.3 is 9.42 Å². The minimum absolute atomic E-state index is 0.0430. The predicted octanol–water partition coefficient (Wildman–Crippen LogP) is 4.87. The number of carbonyl (C=O) groups is 1. The maximum atomic E-state index is 13.0. The first kappa shape index (κ1) is 22.1. The molecule has 34 heavy (non-hydrogen) atoms. The van der Waals surface area contributed by atoms with Gasteiger partial charge in [0.05, 0.1) is 12.1 Å². The molecule has 1 aliphatic rings. The Kier molecular flexibility index (Phi) is 5.79. The van der Waals surface area contributed by atoms with Crippen LogP contribution in [0.3, 0.4) is 0 Å². The summed E-state index contributed by atoms with van der Waals surface area (Å²) in [6.07, 6.45) is -4.48. The number of amides is 1. The summed E-state index contributed by atoms with van der Waals surface area (Å²) in [6, 6.07) is 18.5. The number of rotatable bonds is 4. The first-order valence-electron chi connectivity index (χ1n) is 10.9. The van der Waals surface area contributed by atoms with Gasteiger partial charge in [0, 0.05) is 37.3 Å². The van der Waals surface area contributed by atoms with Crippen LogP contribution in [0.4, 0.5) is 13.2 Å². The highest BCUT2D eigenvalue weighted by Gasteiger charge is 2.31. The van der Waals surface area contributed by atoms with E-state index in [1.54, 1.807) is 4.90 Å². The number of carbonyl (C=O) groups excluding carboxylic acids is 1. The molecule has 1 aliphatic heterocycles. The number of halogens is 3. The fraction of sp³-hybridized carbons (Fsp3) is 0.240. The lowest BCUT2D eigenvalue weighted by Crippen LogP contribution is -2.48. The van der Waals surface area contributed by atoms with Gasteiger partial charge in [0.25, 0.3) is 11.8 Å². The number of hydrogen-bond acceptors (Lipinski definition) is 5. The molecule has 0 radical (unpaired) electrons. The zero-order valence-electron chi connectivity index (χ0n) is 18.1. The molecule has 3 aromatic carbocycles. The van der Waals surface area contributed by atoms with Crippen molar-refractivity contribution in [2.75, 3.05) is 26.2 Å². The molecule has 1 amide bonds. The maximum Gasteiger partial charge on any atom is 0.416 e. The van der Waals surface area contributed by atoms with Crippen molar-refractivity contribution in [3.05, 3.63) is 83.7 Å². The van der Waals surface area contributed by atoms with Crippen molar-refractivity contribution in [3.63, 3.8) is 0 Å². The van der Waals surface area contributed by atoms with Gasteiger partial charge in [-0.25, -0.2) is 0 Å². The van der Waals surface area contributed by atoms with Crippen LogP contribution >= 0.6 is 0 Å². The molecule has 2 heterocycles. The van der Waals surface area contributed by atoms with Gasteiger partial charge in [0.15, 0.2) is 5.82 Å². The summed E-state index contributed by atoms with van der Waals surface area (Å²) in [4.78, 5) is 20.9. The Labute approximate surface area is 193 Å². The largest absolute Gasteiger partial charge is 0.416 e. The zero-order valence-corrected chi connectivity index (χ0v) is 18.1. The lowest BCUT2D eigenvalue weighted by Gasteiger charge is -2.34. The van der Waals surface area contributed by atoms with Crippen molar-refractivity contribution in [1.82, 2.24) is 19.9 Å². The van der Waals surface area contributed by atoms with E-state index in [1.807, 2.05) is 42.5 Å². The van der Waals surface area contributed by atoms with E-state index in [-0.39, 0.29) is 5.56 Å². The highest BCUT2D eigenvalue weighted by Crippen LogP contribution is 2.30. The normalized spacial score (nSPS) is 15.1. The number of benzene rings is 3. The number of aromatic nitrogens is 2. The number of piperazine rings is 1. The van der Waals surface area contributed by atoms with Crippen LogP contribution in [-0.4, -0.2) is 52.0 Å². The minimum Gasteiger partial charge on any atom is -0.336 e. The second-order valence-electron chi connectivity index (χ2n) is 8.22. The van der Waals surface area contributed by atoms with Gasteiger partial charge in [0.2, 0.25) is 0 Å². The third-order valence-corrected chi connectivity index (χ3v) is 5.93. The van der Waals surface area contributed by atoms with E-state index in [4.69, 9.17) is 4.52 Å². The third kappa shape index (κ3) is 4.65. The van der Waals surface area contributed by atoms with Crippen molar-refractivity contribution >= 4 is 16.7 Å². The van der Waals surface area contributed by atoms with Gasteiger partial charge in [-0.15, -0.1) is 0 Å². The van der Waals surface area contributed by atoms with E-state index >= 15 is 0 Å². The Hall–Kier alpha value is -3.72. The van der Waals surface area contributed by atoms with Crippen molar-refractivity contribution in [2.45, 2.75) is 12.7 Å². The molecular formula is C25H21F3N4O2. The summed E-state index contributed by atoms with van der Waals surface area (Å²) >= 11 is 0. The molecule has 0 unspecified atom stereocenters. The lowest BCUT2D eigenvalue weighted by molar-refractivity contribution is -0.137. The van der Waals surface area contributed by atoms with Gasteiger partial charge in [-0.3, -0.25) is 9.69 Å². The molecule has 174 valence electrons. The van der Waals surface area contributed by atoms with E-state index in [9.17, 15) is 18.0 Å². The highest BCUT2D eigenvalue weighted by atomic mass is 19.4. The molecule has 4 aromatic rings. The van der Waals surface area contributed by atoms with Gasteiger partial charge >= 0.3 is 6.18 Å². The summed E-state index contributed by atoms with van der Waals surface area (Å²) in [7, 11) is 0. The molecule has 0 saturated carbocycles. The maximum absolute atomic E-state index is 13.0. The van der Waals surface area contributed by atoms with Crippen molar-refractivity contribution in [2.24, 2.45) is 0 Å². The number of hydrogen-bond donors (Lipinski definition) is 0. The Bertz CT molecular complexity index is 1330. The van der Waals surface area contributed by atoms with Crippen LogP contribution in [0.2, 0.25) is 0 Å². The molecule has 9 heteroatoms. The van der Waals surface area contributed by atoms with E-state index < -0.39 is 17.6 Å². The first-order chi connectivity index (χ1) is 16.4. The summed E-state index contributed by atoms with van der Waals surface area (Å²) in [5.41, 5.74) is 0.0618. The molecule has 0 N–H and O–H groups in total. The monoisotopic (exact) mass is 466 g/mol. The lowest BCUT2D eigenvalue weighted by atomic mass is 10.1. The van der Waals surface area contributed by atoms with Crippen molar-refractivity contribution < 1.29 is 22.5 Å². The number of alkyl halides is 3. The smallest absolute Gasteiger partial charge is 0.336 e. The average Bonchev–Trinajstić information content (AvgIpc) is 3.32.